The van der Waals surface area contributed by atoms with Gasteiger partial charge in [-0.15, -0.1) is 0 Å². The highest BCUT2D eigenvalue weighted by Crippen LogP contribution is 2.41. The lowest BCUT2D eigenvalue weighted by Gasteiger charge is -2.25. The number of fused-ring (bicyclic) bond motifs is 4. The van der Waals surface area contributed by atoms with Gasteiger partial charge in [-0.3, -0.25) is 4.79 Å². The Labute approximate surface area is 243 Å². The molecule has 0 unspecified atom stereocenters. The number of aromatic nitrogens is 3. The maximum absolute atomic E-state index is 13.7. The van der Waals surface area contributed by atoms with E-state index < -0.39 is 10.0 Å². The normalized spacial score (nSPS) is 22.0. The summed E-state index contributed by atoms with van der Waals surface area (Å²) >= 11 is 0. The van der Waals surface area contributed by atoms with E-state index in [1.165, 1.54) is 23.7 Å². The highest BCUT2D eigenvalue weighted by molar-refractivity contribution is 8.36. The molecule has 3 heterocycles. The smallest absolute Gasteiger partial charge is 0.254 e. The molecule has 2 fully saturated rings. The summed E-state index contributed by atoms with van der Waals surface area (Å²) in [5.74, 6) is 6.71. The van der Waals surface area contributed by atoms with Crippen molar-refractivity contribution in [1.29, 1.82) is 0 Å². The SMILES string of the molecule is COc1cc(C(=O)N2C[C@H]3C=C[C@@H]2[C@@H]3C)cc2nc(-c3cc4cccc(C#CS(C)(C)C)c4n3CC3CC3)n(C)c12. The van der Waals surface area contributed by atoms with Crippen molar-refractivity contribution in [3.63, 3.8) is 0 Å². The fourth-order valence-electron chi connectivity index (χ4n) is 6.59. The second kappa shape index (κ2) is 9.46. The summed E-state index contributed by atoms with van der Waals surface area (Å²) in [5, 5.41) is 4.70. The van der Waals surface area contributed by atoms with Crippen LogP contribution < -0.4 is 4.74 Å². The quantitative estimate of drug-likeness (QED) is 0.212. The minimum Gasteiger partial charge on any atom is -0.494 e. The van der Waals surface area contributed by atoms with E-state index in [9.17, 15) is 4.79 Å². The van der Waals surface area contributed by atoms with Gasteiger partial charge in [0.1, 0.15) is 11.3 Å². The van der Waals surface area contributed by atoms with Crippen molar-refractivity contribution in [2.24, 2.45) is 24.8 Å². The van der Waals surface area contributed by atoms with E-state index in [1.807, 2.05) is 24.1 Å². The number of aryl methyl sites for hydroxylation is 1. The van der Waals surface area contributed by atoms with Crippen LogP contribution in [0.4, 0.5) is 0 Å². The molecule has 1 amide bonds. The Kier molecular flexibility index (Phi) is 6.06. The molecule has 1 saturated heterocycles. The zero-order valence-electron chi connectivity index (χ0n) is 24.8. The topological polar surface area (TPSA) is 52.3 Å². The predicted octanol–water partition coefficient (Wildman–Crippen LogP) is 6.26. The van der Waals surface area contributed by atoms with Crippen molar-refractivity contribution in [2.75, 3.05) is 32.4 Å². The van der Waals surface area contributed by atoms with E-state index in [-0.39, 0.29) is 11.9 Å². The van der Waals surface area contributed by atoms with Gasteiger partial charge in [0.15, 0.2) is 5.82 Å². The van der Waals surface area contributed by atoms with E-state index >= 15 is 0 Å². The average Bonchev–Trinajstić information content (AvgIpc) is 3.33. The first-order valence-electron chi connectivity index (χ1n) is 14.5. The molecule has 0 radical (unpaired) electrons. The number of amides is 1. The molecule has 0 spiro atoms. The number of carbonyl (C=O) groups is 1. The lowest BCUT2D eigenvalue weighted by atomic mass is 10.0. The van der Waals surface area contributed by atoms with E-state index in [0.29, 0.717) is 29.1 Å². The Balaban J connectivity index is 1.37. The van der Waals surface area contributed by atoms with Crippen LogP contribution in [0, 0.1) is 28.9 Å². The van der Waals surface area contributed by atoms with Gasteiger partial charge in [0.2, 0.25) is 0 Å². The third-order valence-corrected chi connectivity index (χ3v) is 9.69. The number of likely N-dealkylation sites (tertiary alicyclic amines) is 1. The third-order valence-electron chi connectivity index (χ3n) is 8.98. The standard InChI is InChI=1S/C34H38N4O2S/c1-21-25-12-13-28(21)38(20-25)34(39)26-16-27-32(30(18-26)40-3)36(2)33(35-27)29-17-24-9-7-8-23(14-15-41(4,5)6)31(24)37(29)19-22-10-11-22/h7-9,12-13,16-18,21-22,25,28H,10-11,19-20H2,1-6H3/t21-,25-,28-/m1/s1. The molecule has 2 aromatic carbocycles. The summed E-state index contributed by atoms with van der Waals surface area (Å²) in [6.07, 6.45) is 13.6. The zero-order valence-corrected chi connectivity index (χ0v) is 25.6. The molecule has 6 nitrogen and oxygen atoms in total. The molecule has 2 aromatic heterocycles. The van der Waals surface area contributed by atoms with Gasteiger partial charge >= 0.3 is 0 Å². The molecule has 0 N–H and O–H groups in total. The van der Waals surface area contributed by atoms with Crippen LogP contribution in [-0.2, 0) is 13.6 Å². The lowest BCUT2D eigenvalue weighted by Crippen LogP contribution is -2.36. The minimum absolute atomic E-state index is 0.0492. The molecule has 1 aliphatic heterocycles. The van der Waals surface area contributed by atoms with Crippen LogP contribution in [-0.4, -0.2) is 63.4 Å². The van der Waals surface area contributed by atoms with Crippen molar-refractivity contribution < 1.29 is 9.53 Å². The fraction of sp³-hybridized carbons (Fsp3) is 0.412. The molecule has 41 heavy (non-hydrogen) atoms. The van der Waals surface area contributed by atoms with Crippen molar-refractivity contribution in [3.8, 4) is 28.4 Å². The Hall–Kier alpha value is -3.63. The monoisotopic (exact) mass is 566 g/mol. The van der Waals surface area contributed by atoms with Crippen LogP contribution in [0.5, 0.6) is 5.75 Å². The average molecular weight is 567 g/mol. The lowest BCUT2D eigenvalue weighted by molar-refractivity contribution is 0.0747. The van der Waals surface area contributed by atoms with E-state index in [1.54, 1.807) is 7.11 Å². The minimum atomic E-state index is -0.950. The maximum Gasteiger partial charge on any atom is 0.254 e. The third kappa shape index (κ3) is 4.44. The van der Waals surface area contributed by atoms with Crippen LogP contribution >= 0.6 is 10.0 Å². The summed E-state index contributed by atoms with van der Waals surface area (Å²) in [6, 6.07) is 12.7. The molecule has 7 heteroatoms. The molecule has 1 saturated carbocycles. The highest BCUT2D eigenvalue weighted by Gasteiger charge is 2.43. The van der Waals surface area contributed by atoms with E-state index in [0.717, 1.165) is 41.2 Å². The molecule has 3 atom stereocenters. The Morgan fingerprint density at radius 3 is 2.59 bits per heavy atom. The summed E-state index contributed by atoms with van der Waals surface area (Å²) in [6.45, 7) is 3.96. The Morgan fingerprint density at radius 1 is 1.12 bits per heavy atom. The van der Waals surface area contributed by atoms with Gasteiger partial charge in [-0.05, 0) is 78.9 Å². The number of rotatable bonds is 5. The largest absolute Gasteiger partial charge is 0.494 e. The van der Waals surface area contributed by atoms with E-state index in [2.05, 4.69) is 82.4 Å². The molecular formula is C34H38N4O2S. The summed E-state index contributed by atoms with van der Waals surface area (Å²) < 4.78 is 10.4. The van der Waals surface area contributed by atoms with Gasteiger partial charge in [-0.25, -0.2) is 4.98 Å². The number of benzene rings is 2. The fourth-order valence-corrected chi connectivity index (χ4v) is 7.01. The first kappa shape index (κ1) is 26.3. The summed E-state index contributed by atoms with van der Waals surface area (Å²) in [5.41, 5.74) is 5.64. The summed E-state index contributed by atoms with van der Waals surface area (Å²) in [4.78, 5) is 20.9. The molecule has 3 aliphatic rings. The molecule has 4 aromatic rings. The van der Waals surface area contributed by atoms with Crippen LogP contribution in [0.1, 0.15) is 35.7 Å². The highest BCUT2D eigenvalue weighted by atomic mass is 32.3. The molecule has 212 valence electrons. The first-order chi connectivity index (χ1) is 19.6. The van der Waals surface area contributed by atoms with Crippen molar-refractivity contribution in [2.45, 2.75) is 32.4 Å². The van der Waals surface area contributed by atoms with Gasteiger partial charge in [0, 0.05) is 36.7 Å². The Morgan fingerprint density at radius 2 is 1.93 bits per heavy atom. The van der Waals surface area contributed by atoms with Crippen molar-refractivity contribution in [1.82, 2.24) is 19.0 Å². The molecule has 2 bridgehead atoms. The van der Waals surface area contributed by atoms with Gasteiger partial charge in [-0.1, -0.05) is 37.1 Å². The van der Waals surface area contributed by atoms with Gasteiger partial charge in [-0.2, -0.15) is 10.0 Å². The number of methoxy groups -OCH3 is 1. The van der Waals surface area contributed by atoms with Crippen molar-refractivity contribution in [3.05, 3.63) is 59.7 Å². The van der Waals surface area contributed by atoms with Crippen LogP contribution in [0.15, 0.2) is 48.6 Å². The number of ether oxygens (including phenoxy) is 1. The van der Waals surface area contributed by atoms with E-state index in [4.69, 9.17) is 9.72 Å². The number of imidazole rings is 1. The summed E-state index contributed by atoms with van der Waals surface area (Å²) in [7, 11) is 2.77. The molecule has 7 rings (SSSR count). The molecule has 2 aliphatic carbocycles. The van der Waals surface area contributed by atoms with Crippen LogP contribution in [0.3, 0.4) is 0 Å². The number of hydrogen-bond acceptors (Lipinski definition) is 3. The number of carbonyl (C=O) groups excluding carboxylic acids is 1. The second-order valence-electron chi connectivity index (χ2n) is 12.8. The van der Waals surface area contributed by atoms with Gasteiger partial charge < -0.3 is 18.8 Å². The van der Waals surface area contributed by atoms with Gasteiger partial charge in [0.05, 0.1) is 29.9 Å². The maximum atomic E-state index is 13.7. The number of hydrogen-bond donors (Lipinski definition) is 0. The molecular weight excluding hydrogens is 528 g/mol. The number of nitrogens with zero attached hydrogens (tertiary/aromatic N) is 4. The number of para-hydroxylation sites is 1. The van der Waals surface area contributed by atoms with Gasteiger partial charge in [0.25, 0.3) is 5.91 Å². The van der Waals surface area contributed by atoms with Crippen LogP contribution in [0.25, 0.3) is 33.5 Å². The van der Waals surface area contributed by atoms with Crippen LogP contribution in [0.2, 0.25) is 0 Å². The Bertz CT molecular complexity index is 1810. The second-order valence-corrected chi connectivity index (χ2v) is 16.7. The zero-order chi connectivity index (χ0) is 28.6. The first-order valence-corrected chi connectivity index (χ1v) is 17.4. The predicted molar refractivity (Wildman–Crippen MR) is 170 cm³/mol. The van der Waals surface area contributed by atoms with Crippen molar-refractivity contribution >= 4 is 37.9 Å².